The molecule has 0 N–H and O–H groups in total. The van der Waals surface area contributed by atoms with Crippen molar-refractivity contribution < 1.29 is 19.1 Å². The number of imidazole rings is 1. The summed E-state index contributed by atoms with van der Waals surface area (Å²) in [5, 5.41) is 0. The highest BCUT2D eigenvalue weighted by Gasteiger charge is 2.31. The maximum absolute atomic E-state index is 12.5. The molecule has 0 unspecified atom stereocenters. The van der Waals surface area contributed by atoms with Gasteiger partial charge in [0.2, 0.25) is 5.65 Å². The molecule has 1 aliphatic rings. The van der Waals surface area contributed by atoms with Crippen molar-refractivity contribution in [2.24, 2.45) is 5.92 Å². The molecular formula is C31H31N5O4. The van der Waals surface area contributed by atoms with Crippen LogP contribution in [-0.4, -0.2) is 56.9 Å². The first-order chi connectivity index (χ1) is 19.1. The van der Waals surface area contributed by atoms with Crippen LogP contribution in [0.25, 0.3) is 33.0 Å². The summed E-state index contributed by atoms with van der Waals surface area (Å²) >= 11 is 0. The van der Waals surface area contributed by atoms with E-state index in [1.165, 1.54) is 0 Å². The minimum Gasteiger partial charge on any atom is -0.475 e. The van der Waals surface area contributed by atoms with Gasteiger partial charge in [0, 0.05) is 30.8 Å². The third-order valence-electron chi connectivity index (χ3n) is 6.70. The summed E-state index contributed by atoms with van der Waals surface area (Å²) in [6, 6.07) is 15.3. The number of carbonyl (C=O) groups excluding carboxylic acids is 2. The maximum atomic E-state index is 12.5. The van der Waals surface area contributed by atoms with Crippen LogP contribution in [-0.2, 0) is 4.74 Å². The van der Waals surface area contributed by atoms with Gasteiger partial charge in [-0.2, -0.15) is 0 Å². The molecule has 5 rings (SSSR count). The van der Waals surface area contributed by atoms with Crippen molar-refractivity contribution in [3.8, 4) is 28.4 Å². The molecule has 1 aliphatic heterocycles. The van der Waals surface area contributed by atoms with Crippen LogP contribution in [0, 0.1) is 19.4 Å². The lowest BCUT2D eigenvalue weighted by Gasteiger charge is -2.24. The topological polar surface area (TPSA) is 90.4 Å². The SMILES string of the molecule is [C-]#[N+]c1ccc(-c2nc(OC[C@@H]3CCN(C(=O)OC(C)(C)C)C3)c3nc(C=O)cn3c2-c2ccc(C)cc2)cc1. The first kappa shape index (κ1) is 26.9. The molecule has 1 amide bonds. The Labute approximate surface area is 233 Å². The largest absolute Gasteiger partial charge is 0.475 e. The van der Waals surface area contributed by atoms with Gasteiger partial charge in [-0.3, -0.25) is 9.20 Å². The van der Waals surface area contributed by atoms with E-state index in [1.807, 2.05) is 68.5 Å². The quantitative estimate of drug-likeness (QED) is 0.210. The lowest BCUT2D eigenvalue weighted by atomic mass is 10.0. The van der Waals surface area contributed by atoms with Crippen LogP contribution < -0.4 is 4.74 Å². The van der Waals surface area contributed by atoms with E-state index in [9.17, 15) is 9.59 Å². The van der Waals surface area contributed by atoms with Crippen LogP contribution >= 0.6 is 0 Å². The van der Waals surface area contributed by atoms with Crippen molar-refractivity contribution in [3.05, 3.63) is 77.4 Å². The fraction of sp³-hybridized carbons (Fsp3) is 0.323. The van der Waals surface area contributed by atoms with Gasteiger partial charge in [-0.05, 0) is 39.7 Å². The Bertz CT molecular complexity index is 1590. The molecule has 1 fully saturated rings. The molecule has 0 radical (unpaired) electrons. The van der Waals surface area contributed by atoms with E-state index >= 15 is 0 Å². The van der Waals surface area contributed by atoms with Crippen molar-refractivity contribution in [1.29, 1.82) is 0 Å². The zero-order chi connectivity index (χ0) is 28.4. The predicted molar refractivity (Wildman–Crippen MR) is 152 cm³/mol. The summed E-state index contributed by atoms with van der Waals surface area (Å²) in [7, 11) is 0. The van der Waals surface area contributed by atoms with Crippen LogP contribution in [0.2, 0.25) is 0 Å². The average Bonchev–Trinajstić information content (AvgIpc) is 3.59. The number of amides is 1. The smallest absolute Gasteiger partial charge is 0.410 e. The van der Waals surface area contributed by atoms with E-state index in [1.54, 1.807) is 23.2 Å². The number of aldehydes is 1. The Morgan fingerprint density at radius 2 is 1.80 bits per heavy atom. The molecule has 3 heterocycles. The Kier molecular flexibility index (Phi) is 7.26. The van der Waals surface area contributed by atoms with Gasteiger partial charge in [-0.1, -0.05) is 54.1 Å². The van der Waals surface area contributed by atoms with Gasteiger partial charge in [0.15, 0.2) is 12.0 Å². The molecule has 1 saturated heterocycles. The van der Waals surface area contributed by atoms with Crippen LogP contribution in [0.5, 0.6) is 5.88 Å². The summed E-state index contributed by atoms with van der Waals surface area (Å²) in [5.41, 5.74) is 4.88. The number of hydrogen-bond donors (Lipinski definition) is 0. The Hall–Kier alpha value is -4.71. The van der Waals surface area contributed by atoms with E-state index in [0.717, 1.165) is 28.8 Å². The van der Waals surface area contributed by atoms with E-state index in [-0.39, 0.29) is 17.7 Å². The monoisotopic (exact) mass is 537 g/mol. The minimum absolute atomic E-state index is 0.0908. The van der Waals surface area contributed by atoms with E-state index in [0.29, 0.717) is 48.9 Å². The van der Waals surface area contributed by atoms with Crippen LogP contribution in [0.3, 0.4) is 0 Å². The fourth-order valence-electron chi connectivity index (χ4n) is 4.73. The molecular weight excluding hydrogens is 506 g/mol. The van der Waals surface area contributed by atoms with E-state index < -0.39 is 5.60 Å². The first-order valence-corrected chi connectivity index (χ1v) is 13.2. The third-order valence-corrected chi connectivity index (χ3v) is 6.70. The van der Waals surface area contributed by atoms with Crippen molar-refractivity contribution in [3.63, 3.8) is 0 Å². The van der Waals surface area contributed by atoms with E-state index in [4.69, 9.17) is 21.0 Å². The normalized spacial score (nSPS) is 15.2. The number of benzene rings is 2. The lowest BCUT2D eigenvalue weighted by Crippen LogP contribution is -2.35. The van der Waals surface area contributed by atoms with Crippen molar-refractivity contribution >= 4 is 23.7 Å². The molecule has 4 aromatic rings. The van der Waals surface area contributed by atoms with Gasteiger partial charge in [0.05, 0.1) is 24.6 Å². The number of hydrogen-bond acceptors (Lipinski definition) is 6. The summed E-state index contributed by atoms with van der Waals surface area (Å²) in [6.07, 6.45) is 2.83. The second kappa shape index (κ2) is 10.8. The fourth-order valence-corrected chi connectivity index (χ4v) is 4.73. The molecule has 9 heteroatoms. The van der Waals surface area contributed by atoms with Gasteiger partial charge in [0.1, 0.15) is 11.3 Å². The van der Waals surface area contributed by atoms with Crippen molar-refractivity contribution in [1.82, 2.24) is 19.3 Å². The predicted octanol–water partition coefficient (Wildman–Crippen LogP) is 6.37. The molecule has 0 aliphatic carbocycles. The molecule has 204 valence electrons. The van der Waals surface area contributed by atoms with Crippen LogP contribution in [0.1, 0.15) is 43.2 Å². The molecule has 40 heavy (non-hydrogen) atoms. The maximum Gasteiger partial charge on any atom is 0.410 e. The summed E-state index contributed by atoms with van der Waals surface area (Å²) in [5.74, 6) is 0.386. The third kappa shape index (κ3) is 5.66. The number of fused-ring (bicyclic) bond motifs is 1. The van der Waals surface area contributed by atoms with Crippen molar-refractivity contribution in [2.45, 2.75) is 39.7 Å². The zero-order valence-corrected chi connectivity index (χ0v) is 23.0. The highest BCUT2D eigenvalue weighted by molar-refractivity contribution is 5.84. The molecule has 0 saturated carbocycles. The zero-order valence-electron chi connectivity index (χ0n) is 23.0. The number of aryl methyl sites for hydroxylation is 1. The van der Waals surface area contributed by atoms with Crippen LogP contribution in [0.15, 0.2) is 54.7 Å². The molecule has 9 nitrogen and oxygen atoms in total. The standard InChI is InChI=1S/C31H31N5O4/c1-20-6-8-23(9-7-20)27-26(22-10-12-24(32-5)13-11-22)34-29(28-33-25(18-37)17-36(27)28)39-19-21-14-15-35(16-21)30(38)40-31(2,3)4/h6-13,17-18,21H,14-16,19H2,1-4H3/t21-/m1/s1. The van der Waals surface area contributed by atoms with Crippen LogP contribution in [0.4, 0.5) is 10.5 Å². The number of nitrogens with zero attached hydrogens (tertiary/aromatic N) is 5. The molecule has 2 aromatic heterocycles. The molecule has 0 bridgehead atoms. The number of carbonyl (C=O) groups is 2. The Balaban J connectivity index is 1.52. The van der Waals surface area contributed by atoms with Gasteiger partial charge < -0.3 is 14.4 Å². The summed E-state index contributed by atoms with van der Waals surface area (Å²) in [6.45, 7) is 16.3. The number of aromatic nitrogens is 3. The Morgan fingerprint density at radius 1 is 1.10 bits per heavy atom. The van der Waals surface area contributed by atoms with E-state index in [2.05, 4.69) is 9.83 Å². The highest BCUT2D eigenvalue weighted by atomic mass is 16.6. The Morgan fingerprint density at radius 3 is 2.45 bits per heavy atom. The van der Waals surface area contributed by atoms with Crippen molar-refractivity contribution in [2.75, 3.05) is 19.7 Å². The lowest BCUT2D eigenvalue weighted by molar-refractivity contribution is 0.0284. The molecule has 2 aromatic carbocycles. The van der Waals surface area contributed by atoms with Gasteiger partial charge in [-0.25, -0.2) is 19.6 Å². The highest BCUT2D eigenvalue weighted by Crippen LogP contribution is 2.36. The number of rotatable bonds is 6. The second-order valence-electron chi connectivity index (χ2n) is 11.0. The summed E-state index contributed by atoms with van der Waals surface area (Å²) in [4.78, 5) is 38.9. The first-order valence-electron chi connectivity index (χ1n) is 13.2. The minimum atomic E-state index is -0.555. The molecule has 0 spiro atoms. The van der Waals surface area contributed by atoms with Gasteiger partial charge in [0.25, 0.3) is 5.88 Å². The second-order valence-corrected chi connectivity index (χ2v) is 11.0. The summed E-state index contributed by atoms with van der Waals surface area (Å²) < 4.78 is 13.6. The molecule has 1 atom stereocenters. The average molecular weight is 538 g/mol. The number of ether oxygens (including phenoxy) is 2. The number of likely N-dealkylation sites (tertiary alicyclic amines) is 1. The van der Waals surface area contributed by atoms with Gasteiger partial charge in [-0.15, -0.1) is 0 Å². The van der Waals surface area contributed by atoms with Gasteiger partial charge >= 0.3 is 6.09 Å².